The van der Waals surface area contributed by atoms with E-state index < -0.39 is 0 Å². The van der Waals surface area contributed by atoms with Gasteiger partial charge in [-0.05, 0) is 48.5 Å². The number of benzene rings is 1. The number of carbonyl (C=O) groups is 1. The second-order valence-corrected chi connectivity index (χ2v) is 8.39. The summed E-state index contributed by atoms with van der Waals surface area (Å²) in [7, 11) is 0. The molecule has 1 amide bonds. The van der Waals surface area contributed by atoms with Gasteiger partial charge in [0.2, 0.25) is 0 Å². The summed E-state index contributed by atoms with van der Waals surface area (Å²) in [6.45, 7) is 2.54. The van der Waals surface area contributed by atoms with E-state index >= 15 is 0 Å². The van der Waals surface area contributed by atoms with Crippen LogP contribution in [0.1, 0.15) is 9.67 Å². The molecule has 0 aliphatic carbocycles. The lowest BCUT2D eigenvalue weighted by molar-refractivity contribution is 0.0752. The number of rotatable bonds is 3. The van der Waals surface area contributed by atoms with Crippen molar-refractivity contribution < 1.29 is 9.18 Å². The van der Waals surface area contributed by atoms with Crippen LogP contribution in [0.5, 0.6) is 0 Å². The van der Waals surface area contributed by atoms with Gasteiger partial charge in [-0.3, -0.25) is 9.78 Å². The van der Waals surface area contributed by atoms with Crippen LogP contribution in [0.25, 0.3) is 21.5 Å². The molecule has 0 unspecified atom stereocenters. The molecule has 1 aliphatic heterocycles. The number of fused-ring (bicyclic) bond motifs is 1. The average molecular weight is 434 g/mol. The third kappa shape index (κ3) is 3.70. The number of carbonyl (C=O) groups excluding carboxylic acids is 1. The highest BCUT2D eigenvalue weighted by molar-refractivity contribution is 7.21. The number of hydrogen-bond acceptors (Lipinski definition) is 6. The van der Waals surface area contributed by atoms with Crippen molar-refractivity contribution in [2.75, 3.05) is 36.8 Å². The molecule has 1 saturated heterocycles. The molecular formula is C23H20FN5OS. The molecule has 1 aliphatic rings. The van der Waals surface area contributed by atoms with Crippen LogP contribution in [0, 0.1) is 5.82 Å². The van der Waals surface area contributed by atoms with Crippen LogP contribution in [0.3, 0.4) is 0 Å². The van der Waals surface area contributed by atoms with Crippen molar-refractivity contribution in [1.82, 2.24) is 14.9 Å². The number of nitrogen functional groups attached to an aromatic ring is 1. The molecule has 5 rings (SSSR count). The number of anilines is 2. The highest BCUT2D eigenvalue weighted by Gasteiger charge is 2.26. The molecule has 156 valence electrons. The third-order valence-electron chi connectivity index (χ3n) is 5.50. The zero-order chi connectivity index (χ0) is 21.4. The average Bonchev–Trinajstić information content (AvgIpc) is 3.15. The molecule has 0 saturated carbocycles. The Balaban J connectivity index is 1.35. The highest BCUT2D eigenvalue weighted by atomic mass is 32.1. The summed E-state index contributed by atoms with van der Waals surface area (Å²) in [6, 6.07) is 14.1. The van der Waals surface area contributed by atoms with Crippen LogP contribution in [0.4, 0.5) is 15.8 Å². The molecule has 1 aromatic carbocycles. The highest BCUT2D eigenvalue weighted by Crippen LogP contribution is 2.35. The van der Waals surface area contributed by atoms with Crippen LogP contribution in [0.2, 0.25) is 0 Å². The van der Waals surface area contributed by atoms with E-state index in [4.69, 9.17) is 10.7 Å². The largest absolute Gasteiger partial charge is 0.397 e. The molecule has 1 fully saturated rings. The summed E-state index contributed by atoms with van der Waals surface area (Å²) in [6.07, 6.45) is 3.48. The van der Waals surface area contributed by atoms with Gasteiger partial charge in [0.15, 0.2) is 0 Å². The van der Waals surface area contributed by atoms with Gasteiger partial charge in [0.05, 0.1) is 11.4 Å². The van der Waals surface area contributed by atoms with Crippen LogP contribution < -0.4 is 10.6 Å². The number of hydrogen-bond donors (Lipinski definition) is 1. The standard InChI is InChI=1S/C23H20FN5OS/c24-16-3-5-17(6-4-16)28-10-12-29(13-11-28)23(30)21-20(25)18-7-8-19(27-22(18)31-21)15-2-1-9-26-14-15/h1-9,14H,10-13,25H2. The first-order valence-corrected chi connectivity index (χ1v) is 10.8. The number of piperazine rings is 1. The Morgan fingerprint density at radius 2 is 1.81 bits per heavy atom. The van der Waals surface area contributed by atoms with E-state index in [1.165, 1.54) is 23.5 Å². The van der Waals surface area contributed by atoms with Crippen molar-refractivity contribution >= 4 is 38.8 Å². The molecule has 0 radical (unpaired) electrons. The summed E-state index contributed by atoms with van der Waals surface area (Å²) in [5, 5.41) is 0.797. The fourth-order valence-corrected chi connectivity index (χ4v) is 4.86. The minimum absolute atomic E-state index is 0.0674. The lowest BCUT2D eigenvalue weighted by Crippen LogP contribution is -2.48. The van der Waals surface area contributed by atoms with Crippen molar-refractivity contribution in [3.05, 3.63) is 71.6 Å². The monoisotopic (exact) mass is 433 g/mol. The van der Waals surface area contributed by atoms with Gasteiger partial charge in [-0.2, -0.15) is 0 Å². The number of amides is 1. The first kappa shape index (κ1) is 19.4. The Labute approximate surface area is 182 Å². The fourth-order valence-electron chi connectivity index (χ4n) is 3.79. The Bertz CT molecular complexity index is 1230. The third-order valence-corrected chi connectivity index (χ3v) is 6.61. The minimum atomic E-state index is -0.252. The molecule has 0 atom stereocenters. The lowest BCUT2D eigenvalue weighted by atomic mass is 10.1. The zero-order valence-electron chi connectivity index (χ0n) is 16.7. The second-order valence-electron chi connectivity index (χ2n) is 7.39. The Morgan fingerprint density at radius 1 is 1.03 bits per heavy atom. The van der Waals surface area contributed by atoms with E-state index in [9.17, 15) is 9.18 Å². The van der Waals surface area contributed by atoms with Crippen molar-refractivity contribution in [2.24, 2.45) is 0 Å². The van der Waals surface area contributed by atoms with Crippen LogP contribution >= 0.6 is 11.3 Å². The number of aromatic nitrogens is 2. The Kier molecular flexibility index (Phi) is 4.99. The van der Waals surface area contributed by atoms with Gasteiger partial charge in [-0.15, -0.1) is 11.3 Å². The fraction of sp³-hybridized carbons (Fsp3) is 0.174. The molecule has 2 N–H and O–H groups in total. The van der Waals surface area contributed by atoms with Gasteiger partial charge in [0.1, 0.15) is 15.5 Å². The number of thiophene rings is 1. The topological polar surface area (TPSA) is 75.4 Å². The van der Waals surface area contributed by atoms with E-state index in [2.05, 4.69) is 9.88 Å². The van der Waals surface area contributed by atoms with Crippen molar-refractivity contribution in [3.63, 3.8) is 0 Å². The second kappa shape index (κ2) is 7.96. The van der Waals surface area contributed by atoms with E-state index in [0.29, 0.717) is 36.7 Å². The number of nitrogens with zero attached hydrogens (tertiary/aromatic N) is 4. The maximum absolute atomic E-state index is 13.2. The first-order valence-electron chi connectivity index (χ1n) is 9.99. The predicted octanol–water partition coefficient (Wildman–Crippen LogP) is 4.04. The van der Waals surface area contributed by atoms with Gasteiger partial charge in [0.25, 0.3) is 5.91 Å². The number of halogens is 1. The molecule has 31 heavy (non-hydrogen) atoms. The van der Waals surface area contributed by atoms with Gasteiger partial charge in [0, 0.05) is 55.2 Å². The van der Waals surface area contributed by atoms with Crippen molar-refractivity contribution in [3.8, 4) is 11.3 Å². The first-order chi connectivity index (χ1) is 15.1. The predicted molar refractivity (Wildman–Crippen MR) is 122 cm³/mol. The van der Waals surface area contributed by atoms with Gasteiger partial charge >= 0.3 is 0 Å². The van der Waals surface area contributed by atoms with Crippen molar-refractivity contribution in [2.45, 2.75) is 0 Å². The summed E-state index contributed by atoms with van der Waals surface area (Å²) in [5.74, 6) is -0.319. The summed E-state index contributed by atoms with van der Waals surface area (Å²) >= 11 is 1.33. The molecule has 3 aromatic heterocycles. The lowest BCUT2D eigenvalue weighted by Gasteiger charge is -2.36. The quantitative estimate of drug-likeness (QED) is 0.528. The number of nitrogens with two attached hydrogens (primary N) is 1. The van der Waals surface area contributed by atoms with E-state index in [-0.39, 0.29) is 11.7 Å². The normalized spacial score (nSPS) is 14.2. The van der Waals surface area contributed by atoms with Gasteiger partial charge in [-0.25, -0.2) is 9.37 Å². The molecule has 4 aromatic rings. The molecular weight excluding hydrogens is 413 g/mol. The SMILES string of the molecule is Nc1c(C(=O)N2CCN(c3ccc(F)cc3)CC2)sc2nc(-c3cccnc3)ccc12. The molecule has 6 nitrogen and oxygen atoms in total. The minimum Gasteiger partial charge on any atom is -0.397 e. The molecule has 0 spiro atoms. The van der Waals surface area contributed by atoms with Gasteiger partial charge in [-0.1, -0.05) is 0 Å². The summed E-state index contributed by atoms with van der Waals surface area (Å²) in [5.41, 5.74) is 9.49. The van der Waals surface area contributed by atoms with E-state index in [0.717, 1.165) is 27.2 Å². The molecule has 4 heterocycles. The van der Waals surface area contributed by atoms with E-state index in [1.807, 2.05) is 29.2 Å². The van der Waals surface area contributed by atoms with Crippen LogP contribution in [0.15, 0.2) is 60.9 Å². The molecule has 0 bridgehead atoms. The summed E-state index contributed by atoms with van der Waals surface area (Å²) in [4.78, 5) is 27.3. The molecule has 8 heteroatoms. The van der Waals surface area contributed by atoms with Crippen molar-refractivity contribution in [1.29, 1.82) is 0 Å². The van der Waals surface area contributed by atoms with Crippen LogP contribution in [-0.4, -0.2) is 47.0 Å². The summed E-state index contributed by atoms with van der Waals surface area (Å²) < 4.78 is 13.2. The maximum atomic E-state index is 13.2. The Morgan fingerprint density at radius 3 is 2.52 bits per heavy atom. The van der Waals surface area contributed by atoms with Gasteiger partial charge < -0.3 is 15.5 Å². The smallest absolute Gasteiger partial charge is 0.266 e. The number of pyridine rings is 2. The van der Waals surface area contributed by atoms with E-state index in [1.54, 1.807) is 24.5 Å². The maximum Gasteiger partial charge on any atom is 0.266 e. The zero-order valence-corrected chi connectivity index (χ0v) is 17.5. The Hall–Kier alpha value is -3.52. The van der Waals surface area contributed by atoms with Crippen LogP contribution in [-0.2, 0) is 0 Å².